The molecule has 40 heavy (non-hydrogen) atoms. The van der Waals surface area contributed by atoms with Crippen LogP contribution in [0, 0.1) is 11.8 Å². The normalized spacial score (nSPS) is 22.5. The fraction of sp³-hybridized carbons (Fsp3) is 0.323. The Labute approximate surface area is 231 Å². The van der Waals surface area contributed by atoms with Crippen molar-refractivity contribution in [2.75, 3.05) is 34.7 Å². The summed E-state index contributed by atoms with van der Waals surface area (Å²) >= 11 is 0. The highest BCUT2D eigenvalue weighted by Crippen LogP contribution is 2.55. The van der Waals surface area contributed by atoms with Crippen molar-refractivity contribution in [3.63, 3.8) is 0 Å². The first-order valence-corrected chi connectivity index (χ1v) is 13.3. The number of aromatic nitrogens is 1. The SMILES string of the molecule is COc1cc([C@@H]2c3cc4c(cc3[C@@H](NCc3cc5ccccc5[nH]3)[C@H]3COC(=O)[C@H]23)OCO4)cc(OC)c1OC. The van der Waals surface area contributed by atoms with Crippen LogP contribution in [0.1, 0.15) is 34.3 Å². The van der Waals surface area contributed by atoms with Crippen molar-refractivity contribution >= 4 is 16.9 Å². The van der Waals surface area contributed by atoms with Crippen LogP contribution in [0.15, 0.2) is 54.6 Å². The van der Waals surface area contributed by atoms with Crippen LogP contribution < -0.4 is 29.0 Å². The van der Waals surface area contributed by atoms with Gasteiger partial charge in [-0.2, -0.15) is 0 Å². The second-order valence-electron chi connectivity index (χ2n) is 10.3. The number of aromatic amines is 1. The molecule has 9 nitrogen and oxygen atoms in total. The van der Waals surface area contributed by atoms with Crippen LogP contribution in [0.5, 0.6) is 28.7 Å². The molecule has 0 unspecified atom stereocenters. The number of nitrogens with one attached hydrogen (secondary N) is 2. The first-order valence-electron chi connectivity index (χ1n) is 13.3. The third-order valence-electron chi connectivity index (χ3n) is 8.33. The van der Waals surface area contributed by atoms with Crippen LogP contribution in [0.25, 0.3) is 10.9 Å². The van der Waals surface area contributed by atoms with E-state index in [0.29, 0.717) is 41.9 Å². The third kappa shape index (κ3) is 3.83. The van der Waals surface area contributed by atoms with Gasteiger partial charge in [-0.05, 0) is 58.5 Å². The van der Waals surface area contributed by atoms with Gasteiger partial charge in [0.1, 0.15) is 0 Å². The van der Waals surface area contributed by atoms with E-state index in [1.165, 1.54) is 0 Å². The maximum Gasteiger partial charge on any atom is 0.310 e. The lowest BCUT2D eigenvalue weighted by Gasteiger charge is -2.39. The van der Waals surface area contributed by atoms with E-state index in [9.17, 15) is 4.79 Å². The molecule has 7 rings (SSSR count). The molecule has 0 bridgehead atoms. The summed E-state index contributed by atoms with van der Waals surface area (Å²) in [6, 6.07) is 18.1. The largest absolute Gasteiger partial charge is 0.493 e. The first kappa shape index (κ1) is 24.7. The predicted molar refractivity (Wildman–Crippen MR) is 146 cm³/mol. The van der Waals surface area contributed by atoms with Crippen molar-refractivity contribution in [3.8, 4) is 28.7 Å². The predicted octanol–water partition coefficient (Wildman–Crippen LogP) is 4.69. The number of esters is 1. The zero-order chi connectivity index (χ0) is 27.4. The van der Waals surface area contributed by atoms with E-state index in [0.717, 1.165) is 33.3 Å². The highest BCUT2D eigenvalue weighted by Gasteiger charge is 2.52. The van der Waals surface area contributed by atoms with Gasteiger partial charge in [-0.1, -0.05) is 18.2 Å². The van der Waals surface area contributed by atoms with Gasteiger partial charge in [0.15, 0.2) is 23.0 Å². The number of para-hydroxylation sites is 1. The van der Waals surface area contributed by atoms with E-state index < -0.39 is 5.92 Å². The van der Waals surface area contributed by atoms with Crippen molar-refractivity contribution in [2.24, 2.45) is 11.8 Å². The summed E-state index contributed by atoms with van der Waals surface area (Å²) in [7, 11) is 4.75. The molecule has 4 aromatic rings. The number of fused-ring (bicyclic) bond motifs is 4. The number of methoxy groups -OCH3 is 3. The standard InChI is InChI=1S/C31H30N2O7/c1-35-25-9-17(10-26(36-2)30(25)37-3)27-19-11-23-24(40-15-39-23)12-20(19)29(21-14-38-31(34)28(21)27)32-13-18-8-16-6-4-5-7-22(16)33-18/h4-12,21,27-29,32-33H,13-15H2,1-3H3/t21-,27+,28-,29+/m0/s1. The quantitative estimate of drug-likeness (QED) is 0.325. The Hall–Kier alpha value is -4.37. The van der Waals surface area contributed by atoms with Crippen molar-refractivity contribution in [3.05, 3.63) is 77.0 Å². The van der Waals surface area contributed by atoms with Gasteiger partial charge in [0.25, 0.3) is 0 Å². The van der Waals surface area contributed by atoms with Gasteiger partial charge in [-0.15, -0.1) is 0 Å². The van der Waals surface area contributed by atoms with Gasteiger partial charge in [0.2, 0.25) is 12.5 Å². The van der Waals surface area contributed by atoms with Crippen molar-refractivity contribution in [1.82, 2.24) is 10.3 Å². The Morgan fingerprint density at radius 2 is 1.62 bits per heavy atom. The van der Waals surface area contributed by atoms with Gasteiger partial charge >= 0.3 is 5.97 Å². The third-order valence-corrected chi connectivity index (χ3v) is 8.33. The second kappa shape index (κ2) is 9.67. The van der Waals surface area contributed by atoms with Crippen molar-refractivity contribution in [2.45, 2.75) is 18.5 Å². The molecule has 1 fully saturated rings. The molecule has 1 aromatic heterocycles. The number of benzene rings is 3. The molecule has 1 aliphatic carbocycles. The van der Waals surface area contributed by atoms with Crippen molar-refractivity contribution < 1.29 is 33.2 Å². The molecule has 1 saturated heterocycles. The van der Waals surface area contributed by atoms with E-state index in [4.69, 9.17) is 28.4 Å². The number of H-pyrrole nitrogens is 1. The van der Waals surface area contributed by atoms with E-state index >= 15 is 0 Å². The van der Waals surface area contributed by atoms with E-state index in [1.54, 1.807) is 21.3 Å². The Morgan fingerprint density at radius 1 is 0.900 bits per heavy atom. The fourth-order valence-corrected chi connectivity index (χ4v) is 6.55. The molecule has 0 radical (unpaired) electrons. The first-order chi connectivity index (χ1) is 19.6. The van der Waals surface area contributed by atoms with Crippen LogP contribution >= 0.6 is 0 Å². The fourth-order valence-electron chi connectivity index (χ4n) is 6.55. The summed E-state index contributed by atoms with van der Waals surface area (Å²) in [5.41, 5.74) is 5.06. The summed E-state index contributed by atoms with van der Waals surface area (Å²) in [5.74, 6) is 1.86. The molecule has 2 aliphatic heterocycles. The van der Waals surface area contributed by atoms with Gasteiger partial charge in [0.05, 0.1) is 33.9 Å². The molecule has 4 atom stereocenters. The highest BCUT2D eigenvalue weighted by atomic mass is 16.7. The number of ether oxygens (including phenoxy) is 6. The lowest BCUT2D eigenvalue weighted by molar-refractivity contribution is -0.141. The van der Waals surface area contributed by atoms with E-state index in [1.807, 2.05) is 36.4 Å². The molecule has 3 aromatic carbocycles. The average molecular weight is 543 g/mol. The molecular weight excluding hydrogens is 512 g/mol. The number of carbonyl (C=O) groups is 1. The molecule has 3 aliphatic rings. The monoisotopic (exact) mass is 542 g/mol. The van der Waals surface area contributed by atoms with Crippen molar-refractivity contribution in [1.29, 1.82) is 0 Å². The number of carbonyl (C=O) groups excluding carboxylic acids is 1. The summed E-state index contributed by atoms with van der Waals surface area (Å²) in [6.45, 7) is 1.08. The number of cyclic esters (lactones) is 1. The van der Waals surface area contributed by atoms with Gasteiger partial charge < -0.3 is 38.7 Å². The smallest absolute Gasteiger partial charge is 0.310 e. The van der Waals surface area contributed by atoms with Gasteiger partial charge in [-0.3, -0.25) is 4.79 Å². The molecule has 3 heterocycles. The molecule has 0 spiro atoms. The zero-order valence-electron chi connectivity index (χ0n) is 22.5. The lowest BCUT2D eigenvalue weighted by Crippen LogP contribution is -2.40. The Kier molecular flexibility index (Phi) is 5.96. The summed E-state index contributed by atoms with van der Waals surface area (Å²) in [5, 5.41) is 4.90. The van der Waals surface area contributed by atoms with Crippen LogP contribution in [-0.2, 0) is 16.1 Å². The highest BCUT2D eigenvalue weighted by molar-refractivity contribution is 5.80. The summed E-state index contributed by atoms with van der Waals surface area (Å²) in [4.78, 5) is 16.9. The second-order valence-corrected chi connectivity index (χ2v) is 10.3. The summed E-state index contributed by atoms with van der Waals surface area (Å²) in [6.07, 6.45) is 0. The average Bonchev–Trinajstić information content (AvgIpc) is 3.71. The van der Waals surface area contributed by atoms with E-state index in [2.05, 4.69) is 28.5 Å². The summed E-state index contributed by atoms with van der Waals surface area (Å²) < 4.78 is 34.2. The molecule has 9 heteroatoms. The van der Waals surface area contributed by atoms with Crippen LogP contribution in [-0.4, -0.2) is 45.7 Å². The molecule has 0 amide bonds. The number of hydrogen-bond donors (Lipinski definition) is 2. The van der Waals surface area contributed by atoms with Crippen LogP contribution in [0.3, 0.4) is 0 Å². The Balaban J connectivity index is 1.35. The molecule has 206 valence electrons. The minimum atomic E-state index is -0.420. The molecule has 0 saturated carbocycles. The Bertz CT molecular complexity index is 1550. The Morgan fingerprint density at radius 3 is 2.33 bits per heavy atom. The molecular formula is C31H30N2O7. The minimum Gasteiger partial charge on any atom is -0.493 e. The van der Waals surface area contributed by atoms with Gasteiger partial charge in [-0.25, -0.2) is 0 Å². The van der Waals surface area contributed by atoms with E-state index in [-0.39, 0.29) is 30.6 Å². The van der Waals surface area contributed by atoms with Crippen LogP contribution in [0.2, 0.25) is 0 Å². The number of hydrogen-bond acceptors (Lipinski definition) is 8. The zero-order valence-corrected chi connectivity index (χ0v) is 22.5. The van der Waals surface area contributed by atoms with Crippen LogP contribution in [0.4, 0.5) is 0 Å². The number of rotatable bonds is 7. The lowest BCUT2D eigenvalue weighted by atomic mass is 9.65. The topological polar surface area (TPSA) is 100 Å². The minimum absolute atomic E-state index is 0.103. The maximum atomic E-state index is 13.4. The van der Waals surface area contributed by atoms with Gasteiger partial charge in [0, 0.05) is 35.6 Å². The maximum absolute atomic E-state index is 13.4. The molecule has 2 N–H and O–H groups in total.